The molecule has 1 aromatic rings. The number of anilines is 1. The Hall–Kier alpha value is -2.06. The Labute approximate surface area is 125 Å². The second-order valence-electron chi connectivity index (χ2n) is 4.32. The molecule has 2 amide bonds. The van der Waals surface area contributed by atoms with E-state index in [0.717, 1.165) is 4.90 Å². The number of ether oxygens (including phenoxy) is 1. The summed E-state index contributed by atoms with van der Waals surface area (Å²) in [6.07, 6.45) is -1.10. The minimum atomic E-state index is -1.15. The number of hydrogen-bond donors (Lipinski definition) is 3. The molecule has 8 heteroatoms. The van der Waals surface area contributed by atoms with Crippen molar-refractivity contribution in [1.29, 1.82) is 0 Å². The molecule has 1 atom stereocenters. The number of carbonyl (C=O) groups excluding carboxylic acids is 2. The lowest BCUT2D eigenvalue weighted by atomic mass is 10.1. The number of hydrogen-bond acceptors (Lipinski definition) is 5. The average Bonchev–Trinajstić information content (AvgIpc) is 2.46. The Morgan fingerprint density at radius 3 is 2.95 bits per heavy atom. The lowest BCUT2D eigenvalue weighted by Gasteiger charge is -2.17. The molecule has 0 radical (unpaired) electrons. The van der Waals surface area contributed by atoms with Gasteiger partial charge in [0.15, 0.2) is 6.10 Å². The average molecular weight is 310 g/mol. The molecular formula is C13H14N2O5S. The zero-order chi connectivity index (χ0) is 15.4. The molecule has 0 aromatic heterocycles. The van der Waals surface area contributed by atoms with Crippen LogP contribution in [-0.2, 0) is 14.3 Å². The van der Waals surface area contributed by atoms with E-state index in [0.29, 0.717) is 17.0 Å². The summed E-state index contributed by atoms with van der Waals surface area (Å²) in [5.41, 5.74) is 0.933. The highest BCUT2D eigenvalue weighted by Gasteiger charge is 2.20. The maximum atomic E-state index is 12.0. The third kappa shape index (κ3) is 3.73. The molecule has 1 aromatic carbocycles. The molecule has 0 bridgehead atoms. The maximum Gasteiger partial charge on any atom is 0.334 e. The lowest BCUT2D eigenvalue weighted by Crippen LogP contribution is -2.37. The van der Waals surface area contributed by atoms with Gasteiger partial charge in [0.1, 0.15) is 0 Å². The van der Waals surface area contributed by atoms with Crippen molar-refractivity contribution in [3.05, 3.63) is 23.8 Å². The van der Waals surface area contributed by atoms with Crippen LogP contribution in [0.2, 0.25) is 0 Å². The van der Waals surface area contributed by atoms with Crippen molar-refractivity contribution in [3.8, 4) is 0 Å². The topological polar surface area (TPSA) is 105 Å². The van der Waals surface area contributed by atoms with E-state index < -0.39 is 18.0 Å². The molecule has 0 fully saturated rings. The summed E-state index contributed by atoms with van der Waals surface area (Å²) in [6, 6.07) is 4.94. The highest BCUT2D eigenvalue weighted by molar-refractivity contribution is 8.00. The fourth-order valence-corrected chi connectivity index (χ4v) is 2.57. The Morgan fingerprint density at radius 1 is 1.52 bits per heavy atom. The number of rotatable bonds is 5. The van der Waals surface area contributed by atoms with Crippen LogP contribution in [0.15, 0.2) is 23.1 Å². The molecule has 1 heterocycles. The van der Waals surface area contributed by atoms with Crippen molar-refractivity contribution in [1.82, 2.24) is 5.32 Å². The first-order valence-electron chi connectivity index (χ1n) is 6.11. The number of carboxylic acid groups (broad SMARTS) is 1. The van der Waals surface area contributed by atoms with E-state index >= 15 is 0 Å². The van der Waals surface area contributed by atoms with Crippen LogP contribution in [0.4, 0.5) is 5.69 Å². The fraction of sp³-hybridized carbons (Fsp3) is 0.308. The normalized spacial score (nSPS) is 14.8. The van der Waals surface area contributed by atoms with Gasteiger partial charge in [0.25, 0.3) is 5.91 Å². The van der Waals surface area contributed by atoms with Gasteiger partial charge in [-0.25, -0.2) is 4.79 Å². The van der Waals surface area contributed by atoms with Crippen molar-refractivity contribution in [2.24, 2.45) is 0 Å². The molecule has 0 spiro atoms. The van der Waals surface area contributed by atoms with Crippen LogP contribution >= 0.6 is 11.8 Å². The molecule has 1 unspecified atom stereocenters. The number of benzene rings is 1. The molecule has 0 saturated heterocycles. The Balaban J connectivity index is 2.04. The number of aliphatic carboxylic acids is 1. The molecule has 1 aliphatic rings. The quantitative estimate of drug-likeness (QED) is 0.734. The first-order valence-corrected chi connectivity index (χ1v) is 7.10. The Bertz CT molecular complexity index is 590. The lowest BCUT2D eigenvalue weighted by molar-refractivity contribution is -0.148. The zero-order valence-corrected chi connectivity index (χ0v) is 12.0. The van der Waals surface area contributed by atoms with Crippen molar-refractivity contribution in [2.75, 3.05) is 24.7 Å². The minimum absolute atomic E-state index is 0.115. The maximum absolute atomic E-state index is 12.0. The third-order valence-electron chi connectivity index (χ3n) is 2.88. The Morgan fingerprint density at radius 2 is 2.29 bits per heavy atom. The predicted molar refractivity (Wildman–Crippen MR) is 76.6 cm³/mol. The van der Waals surface area contributed by atoms with E-state index in [4.69, 9.17) is 9.84 Å². The first-order chi connectivity index (χ1) is 10.0. The first kappa shape index (κ1) is 15.3. The number of nitrogens with one attached hydrogen (secondary N) is 2. The van der Waals surface area contributed by atoms with Crippen molar-refractivity contribution in [2.45, 2.75) is 11.0 Å². The minimum Gasteiger partial charge on any atom is -0.479 e. The number of thioether (sulfide) groups is 1. The van der Waals surface area contributed by atoms with Gasteiger partial charge in [-0.15, -0.1) is 11.8 Å². The van der Waals surface area contributed by atoms with Gasteiger partial charge in [-0.05, 0) is 18.2 Å². The van der Waals surface area contributed by atoms with E-state index in [1.807, 2.05) is 0 Å². The third-order valence-corrected chi connectivity index (χ3v) is 3.96. The van der Waals surface area contributed by atoms with Gasteiger partial charge >= 0.3 is 5.97 Å². The highest BCUT2D eigenvalue weighted by Crippen LogP contribution is 2.31. The zero-order valence-electron chi connectivity index (χ0n) is 11.2. The molecule has 21 heavy (non-hydrogen) atoms. The van der Waals surface area contributed by atoms with Crippen LogP contribution in [0.25, 0.3) is 0 Å². The summed E-state index contributed by atoms with van der Waals surface area (Å²) in [7, 11) is 1.26. The predicted octanol–water partition coefficient (Wildman–Crippen LogP) is 0.560. The van der Waals surface area contributed by atoms with Gasteiger partial charge < -0.3 is 20.5 Å². The molecule has 3 N–H and O–H groups in total. The molecule has 2 rings (SSSR count). The highest BCUT2D eigenvalue weighted by atomic mass is 32.2. The number of carbonyl (C=O) groups is 3. The summed E-state index contributed by atoms with van der Waals surface area (Å²) in [6.45, 7) is -0.136. The molecule has 7 nitrogen and oxygen atoms in total. The van der Waals surface area contributed by atoms with E-state index in [1.165, 1.54) is 18.9 Å². The van der Waals surface area contributed by atoms with Crippen LogP contribution in [0.3, 0.4) is 0 Å². The number of methoxy groups -OCH3 is 1. The summed E-state index contributed by atoms with van der Waals surface area (Å²) >= 11 is 1.40. The van der Waals surface area contributed by atoms with Crippen LogP contribution in [-0.4, -0.2) is 48.4 Å². The van der Waals surface area contributed by atoms with Crippen LogP contribution in [0.5, 0.6) is 0 Å². The van der Waals surface area contributed by atoms with Crippen LogP contribution in [0.1, 0.15) is 10.4 Å². The van der Waals surface area contributed by atoms with Crippen LogP contribution in [0, 0.1) is 0 Å². The summed E-state index contributed by atoms with van der Waals surface area (Å²) < 4.78 is 4.73. The van der Waals surface area contributed by atoms with Gasteiger partial charge in [-0.2, -0.15) is 0 Å². The second kappa shape index (κ2) is 6.59. The number of carboxylic acids is 1. The molecule has 0 saturated carbocycles. The van der Waals surface area contributed by atoms with Gasteiger partial charge in [0, 0.05) is 17.6 Å². The largest absolute Gasteiger partial charge is 0.479 e. The van der Waals surface area contributed by atoms with E-state index in [9.17, 15) is 14.4 Å². The number of amides is 2. The van der Waals surface area contributed by atoms with Crippen LogP contribution < -0.4 is 10.6 Å². The molecule has 0 aliphatic carbocycles. The fourth-order valence-electron chi connectivity index (χ4n) is 1.78. The SMILES string of the molecule is COC(CNC(=O)c1ccc2c(c1)NC(=O)CS2)C(=O)O. The Kier molecular flexibility index (Phi) is 4.81. The van der Waals surface area contributed by atoms with E-state index in [1.54, 1.807) is 18.2 Å². The van der Waals surface area contributed by atoms with Gasteiger partial charge in [-0.1, -0.05) is 0 Å². The summed E-state index contributed by atoms with van der Waals surface area (Å²) in [5, 5.41) is 14.0. The second-order valence-corrected chi connectivity index (χ2v) is 5.34. The monoisotopic (exact) mass is 310 g/mol. The van der Waals surface area contributed by atoms with Gasteiger partial charge in [0.05, 0.1) is 18.0 Å². The smallest absolute Gasteiger partial charge is 0.334 e. The molecule has 1 aliphatic heterocycles. The number of fused-ring (bicyclic) bond motifs is 1. The molecular weight excluding hydrogens is 296 g/mol. The van der Waals surface area contributed by atoms with E-state index in [2.05, 4.69) is 10.6 Å². The van der Waals surface area contributed by atoms with E-state index in [-0.39, 0.29) is 12.5 Å². The van der Waals surface area contributed by atoms with Crippen molar-refractivity contribution in [3.63, 3.8) is 0 Å². The van der Waals surface area contributed by atoms with Crippen molar-refractivity contribution < 1.29 is 24.2 Å². The molecule has 112 valence electrons. The van der Waals surface area contributed by atoms with Gasteiger partial charge in [0.2, 0.25) is 5.91 Å². The van der Waals surface area contributed by atoms with Gasteiger partial charge in [-0.3, -0.25) is 9.59 Å². The summed E-state index contributed by atoms with van der Waals surface area (Å²) in [5.74, 6) is -1.33. The summed E-state index contributed by atoms with van der Waals surface area (Å²) in [4.78, 5) is 35.0. The van der Waals surface area contributed by atoms with Crippen molar-refractivity contribution >= 4 is 35.2 Å². The standard InChI is InChI=1S/C13H14N2O5S/c1-20-9(13(18)19)5-14-12(17)7-2-3-10-8(4-7)15-11(16)6-21-10/h2-4,9H,5-6H2,1H3,(H,14,17)(H,15,16)(H,18,19).